The number of carbonyl (C=O) groups excluding carboxylic acids is 1. The zero-order valence-corrected chi connectivity index (χ0v) is 13.2. The Hall–Kier alpha value is -0.610. The number of nitrogens with zero attached hydrogens (tertiary/aromatic N) is 1. The van der Waals surface area contributed by atoms with Crippen LogP contribution in [0.25, 0.3) is 0 Å². The Balaban J connectivity index is 1.69. The molecule has 120 valence electrons. The second-order valence-electron chi connectivity index (χ2n) is 7.56. The van der Waals surface area contributed by atoms with Gasteiger partial charge in [-0.25, -0.2) is 0 Å². The first-order chi connectivity index (χ1) is 10.2. The lowest BCUT2D eigenvalue weighted by molar-refractivity contribution is -0.158. The predicted octanol–water partition coefficient (Wildman–Crippen LogP) is 2.06. The van der Waals surface area contributed by atoms with Crippen molar-refractivity contribution in [3.05, 3.63) is 0 Å². The fraction of sp³-hybridized carbons (Fsp3) is 0.941. The predicted molar refractivity (Wildman–Crippen MR) is 80.8 cm³/mol. The molecule has 4 fully saturated rings. The normalized spacial score (nSPS) is 37.0. The minimum Gasteiger partial charge on any atom is -0.395 e. The summed E-state index contributed by atoms with van der Waals surface area (Å²) in [5.41, 5.74) is -0.0863. The van der Waals surface area contributed by atoms with E-state index in [0.717, 1.165) is 50.0 Å². The Morgan fingerprint density at radius 1 is 1.14 bits per heavy atom. The van der Waals surface area contributed by atoms with Crippen molar-refractivity contribution in [3.8, 4) is 0 Å². The average Bonchev–Trinajstić information content (AvgIpc) is 2.44. The van der Waals surface area contributed by atoms with E-state index in [9.17, 15) is 9.90 Å². The maximum absolute atomic E-state index is 13.2. The van der Waals surface area contributed by atoms with E-state index in [2.05, 4.69) is 0 Å². The summed E-state index contributed by atoms with van der Waals surface area (Å²) in [6.07, 6.45) is 8.23. The number of rotatable bonds is 7. The number of carbonyl (C=O) groups is 1. The molecule has 4 aliphatic carbocycles. The van der Waals surface area contributed by atoms with Gasteiger partial charge >= 0.3 is 0 Å². The van der Waals surface area contributed by atoms with Crippen LogP contribution in [0.1, 0.15) is 44.9 Å². The largest absolute Gasteiger partial charge is 0.395 e. The van der Waals surface area contributed by atoms with Crippen molar-refractivity contribution in [2.75, 3.05) is 33.4 Å². The molecule has 0 saturated heterocycles. The molecule has 4 saturated carbocycles. The summed E-state index contributed by atoms with van der Waals surface area (Å²) in [4.78, 5) is 15.1. The standard InChI is InChI=1S/C17H29NO3/c1-21-6-2-3-18(4-5-19)16(20)17-10-13-7-14(11-17)9-15(8-13)12-17/h13-15,19H,2-12H2,1H3. The van der Waals surface area contributed by atoms with Gasteiger partial charge < -0.3 is 14.7 Å². The minimum atomic E-state index is -0.0863. The van der Waals surface area contributed by atoms with Gasteiger partial charge in [-0.2, -0.15) is 0 Å². The zero-order chi connectivity index (χ0) is 14.9. The van der Waals surface area contributed by atoms with Gasteiger partial charge in [-0.05, 0) is 62.7 Å². The van der Waals surface area contributed by atoms with Crippen molar-refractivity contribution < 1.29 is 14.6 Å². The van der Waals surface area contributed by atoms with E-state index in [1.54, 1.807) is 7.11 Å². The smallest absolute Gasteiger partial charge is 0.228 e. The van der Waals surface area contributed by atoms with Crippen LogP contribution in [0.3, 0.4) is 0 Å². The monoisotopic (exact) mass is 295 g/mol. The van der Waals surface area contributed by atoms with Gasteiger partial charge in [0, 0.05) is 26.8 Å². The lowest BCUT2D eigenvalue weighted by Gasteiger charge is -2.56. The second kappa shape index (κ2) is 6.25. The van der Waals surface area contributed by atoms with Gasteiger partial charge in [-0.3, -0.25) is 4.79 Å². The first-order valence-corrected chi connectivity index (χ1v) is 8.56. The van der Waals surface area contributed by atoms with E-state index in [4.69, 9.17) is 4.74 Å². The highest BCUT2D eigenvalue weighted by molar-refractivity contribution is 5.83. The minimum absolute atomic E-state index is 0.0606. The van der Waals surface area contributed by atoms with Gasteiger partial charge in [0.25, 0.3) is 0 Å². The first kappa shape index (κ1) is 15.3. The summed E-state index contributed by atoms with van der Waals surface area (Å²) in [7, 11) is 1.69. The quantitative estimate of drug-likeness (QED) is 0.731. The third-order valence-corrected chi connectivity index (χ3v) is 5.93. The van der Waals surface area contributed by atoms with Crippen LogP contribution in [0.5, 0.6) is 0 Å². The van der Waals surface area contributed by atoms with Crippen LogP contribution in [0.4, 0.5) is 0 Å². The molecule has 1 N–H and O–H groups in total. The zero-order valence-electron chi connectivity index (χ0n) is 13.2. The van der Waals surface area contributed by atoms with Crippen molar-refractivity contribution in [1.82, 2.24) is 4.90 Å². The Bertz CT molecular complexity index is 347. The molecule has 0 unspecified atom stereocenters. The van der Waals surface area contributed by atoms with Gasteiger partial charge in [0.1, 0.15) is 0 Å². The average molecular weight is 295 g/mol. The maximum atomic E-state index is 13.2. The molecule has 4 nitrogen and oxygen atoms in total. The number of hydrogen-bond donors (Lipinski definition) is 1. The molecular formula is C17H29NO3. The van der Waals surface area contributed by atoms with Gasteiger partial charge in [0.05, 0.1) is 12.0 Å². The lowest BCUT2D eigenvalue weighted by atomic mass is 9.49. The van der Waals surface area contributed by atoms with Crippen LogP contribution >= 0.6 is 0 Å². The summed E-state index contributed by atoms with van der Waals surface area (Å²) < 4.78 is 5.10. The molecule has 0 aromatic rings. The van der Waals surface area contributed by atoms with E-state index in [-0.39, 0.29) is 12.0 Å². The van der Waals surface area contributed by atoms with Crippen LogP contribution in [0.2, 0.25) is 0 Å². The maximum Gasteiger partial charge on any atom is 0.228 e. The Morgan fingerprint density at radius 3 is 2.19 bits per heavy atom. The first-order valence-electron chi connectivity index (χ1n) is 8.56. The van der Waals surface area contributed by atoms with Crippen molar-refractivity contribution >= 4 is 5.91 Å². The molecule has 4 bridgehead atoms. The summed E-state index contributed by atoms with van der Waals surface area (Å²) in [6, 6.07) is 0. The second-order valence-corrected chi connectivity index (χ2v) is 7.56. The van der Waals surface area contributed by atoms with Crippen molar-refractivity contribution in [2.45, 2.75) is 44.9 Å². The third kappa shape index (κ3) is 2.98. The van der Waals surface area contributed by atoms with Gasteiger partial charge in [0.2, 0.25) is 5.91 Å². The highest BCUT2D eigenvalue weighted by atomic mass is 16.5. The van der Waals surface area contributed by atoms with Crippen molar-refractivity contribution in [2.24, 2.45) is 23.2 Å². The Labute approximate surface area is 127 Å². The third-order valence-electron chi connectivity index (χ3n) is 5.93. The van der Waals surface area contributed by atoms with Crippen LogP contribution in [-0.2, 0) is 9.53 Å². The van der Waals surface area contributed by atoms with E-state index in [0.29, 0.717) is 19.1 Å². The number of hydrogen-bond acceptors (Lipinski definition) is 3. The molecule has 0 atom stereocenters. The number of methoxy groups -OCH3 is 1. The van der Waals surface area contributed by atoms with Gasteiger partial charge in [-0.1, -0.05) is 0 Å². The number of aliphatic hydroxyl groups is 1. The highest BCUT2D eigenvalue weighted by Gasteiger charge is 2.55. The molecule has 4 rings (SSSR count). The fourth-order valence-electron chi connectivity index (χ4n) is 5.54. The Morgan fingerprint density at radius 2 is 1.71 bits per heavy atom. The van der Waals surface area contributed by atoms with Crippen molar-refractivity contribution in [1.29, 1.82) is 0 Å². The van der Waals surface area contributed by atoms with Crippen molar-refractivity contribution in [3.63, 3.8) is 0 Å². The van der Waals surface area contributed by atoms with E-state index in [1.807, 2.05) is 4.90 Å². The molecule has 0 aromatic heterocycles. The van der Waals surface area contributed by atoms with Gasteiger partial charge in [0.15, 0.2) is 0 Å². The van der Waals surface area contributed by atoms with E-state index in [1.165, 1.54) is 19.3 Å². The summed E-state index contributed by atoms with van der Waals surface area (Å²) in [5.74, 6) is 2.69. The topological polar surface area (TPSA) is 49.8 Å². The molecular weight excluding hydrogens is 266 g/mol. The summed E-state index contributed by atoms with van der Waals surface area (Å²) in [5, 5.41) is 9.30. The molecule has 4 heteroatoms. The number of aliphatic hydroxyl groups excluding tert-OH is 1. The highest BCUT2D eigenvalue weighted by Crippen LogP contribution is 2.60. The van der Waals surface area contributed by atoms with Crippen LogP contribution in [-0.4, -0.2) is 49.3 Å². The molecule has 0 aromatic carbocycles. The lowest BCUT2D eigenvalue weighted by Crippen LogP contribution is -2.55. The molecule has 0 spiro atoms. The molecule has 1 amide bonds. The van der Waals surface area contributed by atoms with Crippen LogP contribution in [0.15, 0.2) is 0 Å². The van der Waals surface area contributed by atoms with Crippen LogP contribution in [0, 0.1) is 23.2 Å². The summed E-state index contributed by atoms with van der Waals surface area (Å²) in [6.45, 7) is 1.93. The molecule has 0 heterocycles. The summed E-state index contributed by atoms with van der Waals surface area (Å²) >= 11 is 0. The molecule has 0 aliphatic heterocycles. The fourth-order valence-corrected chi connectivity index (χ4v) is 5.54. The van der Waals surface area contributed by atoms with E-state index >= 15 is 0 Å². The molecule has 0 radical (unpaired) electrons. The van der Waals surface area contributed by atoms with E-state index < -0.39 is 0 Å². The molecule has 4 aliphatic rings. The number of amides is 1. The SMILES string of the molecule is COCCCN(CCO)C(=O)C12CC3CC(CC(C3)C1)C2. The van der Waals surface area contributed by atoms with Gasteiger partial charge in [-0.15, -0.1) is 0 Å². The van der Waals surface area contributed by atoms with Crippen LogP contribution < -0.4 is 0 Å². The Kier molecular flexibility index (Phi) is 4.55. The molecule has 21 heavy (non-hydrogen) atoms. The number of ether oxygens (including phenoxy) is 1.